The summed E-state index contributed by atoms with van der Waals surface area (Å²) in [6, 6.07) is 0. The maximum absolute atomic E-state index is 12.0. The topological polar surface area (TPSA) is 86.3 Å². The molecule has 0 spiro atoms. The van der Waals surface area contributed by atoms with Crippen molar-refractivity contribution in [1.82, 2.24) is 10.2 Å². The molecule has 0 saturated carbocycles. The van der Waals surface area contributed by atoms with Crippen molar-refractivity contribution in [2.45, 2.75) is 36.5 Å². The number of alkyl halides is 1. The molecule has 1 rings (SSSR count). The van der Waals surface area contributed by atoms with Crippen LogP contribution in [0.4, 0.5) is 0 Å². The molecule has 1 saturated heterocycles. The first-order chi connectivity index (χ1) is 13.6. The largest absolute Gasteiger partial charge is 0.379 e. The average Bonchev–Trinajstić information content (AvgIpc) is 2.68. The number of piperidine rings is 1. The number of rotatable bonds is 16. The van der Waals surface area contributed by atoms with Crippen LogP contribution in [0.15, 0.2) is 0 Å². The van der Waals surface area contributed by atoms with E-state index >= 15 is 0 Å². The van der Waals surface area contributed by atoms with E-state index < -0.39 is 0 Å². The van der Waals surface area contributed by atoms with Crippen molar-refractivity contribution < 1.29 is 28.5 Å². The number of nitrogens with zero attached hydrogens (tertiary/aromatic N) is 1. The molecule has 0 bridgehead atoms. The van der Waals surface area contributed by atoms with Gasteiger partial charge in [0.15, 0.2) is 0 Å². The Morgan fingerprint density at radius 2 is 1.32 bits per heavy atom. The fraction of sp³-hybridized carbons (Fsp3) is 0.895. The van der Waals surface area contributed by atoms with Crippen molar-refractivity contribution in [2.24, 2.45) is 0 Å². The van der Waals surface area contributed by atoms with Crippen LogP contribution in [0.5, 0.6) is 0 Å². The summed E-state index contributed by atoms with van der Waals surface area (Å²) in [5.74, 6) is 0.190. The summed E-state index contributed by atoms with van der Waals surface area (Å²) in [6.45, 7) is 8.01. The maximum Gasteiger partial charge on any atom is 0.224 e. The highest BCUT2D eigenvalue weighted by Gasteiger charge is 2.20. The fourth-order valence-electron chi connectivity index (χ4n) is 2.63. The molecule has 164 valence electrons. The quantitative estimate of drug-likeness (QED) is 0.191. The first-order valence-corrected chi connectivity index (χ1v) is 11.4. The zero-order valence-corrected chi connectivity index (χ0v) is 19.1. The number of hydrogen-bond donors (Lipinski definition) is 1. The first kappa shape index (κ1) is 25.5. The zero-order chi connectivity index (χ0) is 20.5. The highest BCUT2D eigenvalue weighted by Crippen LogP contribution is 2.18. The predicted molar refractivity (Wildman–Crippen MR) is 115 cm³/mol. The van der Waals surface area contributed by atoms with Crippen molar-refractivity contribution in [3.05, 3.63) is 0 Å². The highest BCUT2D eigenvalue weighted by atomic mass is 127. The van der Waals surface area contributed by atoms with Gasteiger partial charge in [-0.25, -0.2) is 0 Å². The van der Waals surface area contributed by atoms with Crippen LogP contribution in [0.1, 0.15) is 32.6 Å². The van der Waals surface area contributed by atoms with E-state index in [-0.39, 0.29) is 11.8 Å². The van der Waals surface area contributed by atoms with Gasteiger partial charge < -0.3 is 29.2 Å². The molecule has 0 radical (unpaired) electrons. The lowest BCUT2D eigenvalue weighted by atomic mass is 10.1. The molecule has 28 heavy (non-hydrogen) atoms. The third-order valence-electron chi connectivity index (χ3n) is 4.20. The Bertz CT molecular complexity index is 419. The average molecular weight is 514 g/mol. The van der Waals surface area contributed by atoms with Crippen molar-refractivity contribution in [3.63, 3.8) is 0 Å². The molecule has 0 unspecified atom stereocenters. The summed E-state index contributed by atoms with van der Waals surface area (Å²) in [4.78, 5) is 25.2. The van der Waals surface area contributed by atoms with E-state index in [1.807, 2.05) is 11.8 Å². The van der Waals surface area contributed by atoms with Gasteiger partial charge in [0.2, 0.25) is 11.8 Å². The number of carbonyl (C=O) groups is 2. The standard InChI is InChI=1S/C19H35IN2O6/c1-2-21-18(23)5-9-25-11-13-27-15-16-28-14-12-26-10-6-19(24)22-7-3-17(20)4-8-22/h17H,2-16H2,1H3,(H,21,23). The summed E-state index contributed by atoms with van der Waals surface area (Å²) < 4.78 is 22.3. The second-order valence-electron chi connectivity index (χ2n) is 6.46. The van der Waals surface area contributed by atoms with E-state index in [4.69, 9.17) is 18.9 Å². The van der Waals surface area contributed by atoms with Gasteiger partial charge in [0, 0.05) is 30.0 Å². The molecule has 1 N–H and O–H groups in total. The van der Waals surface area contributed by atoms with Gasteiger partial charge in [-0.1, -0.05) is 22.6 Å². The van der Waals surface area contributed by atoms with Gasteiger partial charge in [-0.2, -0.15) is 0 Å². The molecule has 1 fully saturated rings. The minimum absolute atomic E-state index is 0.00392. The molecule has 0 aromatic carbocycles. The second kappa shape index (κ2) is 17.4. The normalized spacial score (nSPS) is 15.0. The molecule has 1 aliphatic rings. The Hall–Kier alpha value is -0.490. The van der Waals surface area contributed by atoms with Gasteiger partial charge in [-0.3, -0.25) is 9.59 Å². The predicted octanol–water partition coefficient (Wildman–Crippen LogP) is 1.40. The minimum atomic E-state index is 0.00392. The van der Waals surface area contributed by atoms with E-state index in [2.05, 4.69) is 27.9 Å². The molecule has 0 atom stereocenters. The van der Waals surface area contributed by atoms with Crippen molar-refractivity contribution in [2.75, 3.05) is 72.5 Å². The summed E-state index contributed by atoms with van der Waals surface area (Å²) in [5.41, 5.74) is 0. The van der Waals surface area contributed by atoms with Crippen LogP contribution in [-0.4, -0.2) is 93.1 Å². The third-order valence-corrected chi connectivity index (χ3v) is 5.45. The molecular formula is C19H35IN2O6. The van der Waals surface area contributed by atoms with Crippen molar-refractivity contribution in [3.8, 4) is 0 Å². The van der Waals surface area contributed by atoms with Crippen LogP contribution in [0.3, 0.4) is 0 Å². The lowest BCUT2D eigenvalue weighted by molar-refractivity contribution is -0.133. The van der Waals surface area contributed by atoms with Crippen LogP contribution in [0.25, 0.3) is 0 Å². The van der Waals surface area contributed by atoms with Crippen LogP contribution >= 0.6 is 22.6 Å². The molecule has 1 aliphatic heterocycles. The number of amides is 2. The molecule has 8 nitrogen and oxygen atoms in total. The summed E-state index contributed by atoms with van der Waals surface area (Å²) in [5, 5.41) is 2.71. The van der Waals surface area contributed by atoms with Crippen LogP contribution < -0.4 is 5.32 Å². The van der Waals surface area contributed by atoms with E-state index in [1.54, 1.807) is 0 Å². The van der Waals surface area contributed by atoms with Gasteiger partial charge in [0.25, 0.3) is 0 Å². The van der Waals surface area contributed by atoms with Crippen LogP contribution in [-0.2, 0) is 28.5 Å². The van der Waals surface area contributed by atoms with Crippen molar-refractivity contribution >= 4 is 34.4 Å². The Labute approximate surface area is 182 Å². The van der Waals surface area contributed by atoms with Gasteiger partial charge >= 0.3 is 0 Å². The van der Waals surface area contributed by atoms with E-state index in [1.165, 1.54) is 0 Å². The number of halogens is 1. The summed E-state index contributed by atoms with van der Waals surface area (Å²) in [7, 11) is 0. The maximum atomic E-state index is 12.0. The van der Waals surface area contributed by atoms with E-state index in [0.29, 0.717) is 76.2 Å². The van der Waals surface area contributed by atoms with E-state index in [9.17, 15) is 9.59 Å². The number of likely N-dealkylation sites (tertiary alicyclic amines) is 1. The van der Waals surface area contributed by atoms with E-state index in [0.717, 1.165) is 25.9 Å². The van der Waals surface area contributed by atoms with Crippen LogP contribution in [0.2, 0.25) is 0 Å². The molecule has 0 aromatic rings. The first-order valence-electron chi connectivity index (χ1n) is 10.1. The monoisotopic (exact) mass is 514 g/mol. The Morgan fingerprint density at radius 1 is 0.857 bits per heavy atom. The van der Waals surface area contributed by atoms with Gasteiger partial charge in [-0.05, 0) is 19.8 Å². The molecular weight excluding hydrogens is 479 g/mol. The second-order valence-corrected chi connectivity index (χ2v) is 8.22. The Kier molecular flexibility index (Phi) is 15.9. The number of carbonyl (C=O) groups excluding carboxylic acids is 2. The molecule has 9 heteroatoms. The third kappa shape index (κ3) is 13.6. The molecule has 2 amide bonds. The lowest BCUT2D eigenvalue weighted by Crippen LogP contribution is -2.39. The Balaban J connectivity index is 1.77. The molecule has 0 aliphatic carbocycles. The summed E-state index contributed by atoms with van der Waals surface area (Å²) in [6.07, 6.45) is 2.99. The van der Waals surface area contributed by atoms with Gasteiger partial charge in [0.05, 0.1) is 59.3 Å². The number of hydrogen-bond acceptors (Lipinski definition) is 6. The lowest BCUT2D eigenvalue weighted by Gasteiger charge is -2.29. The molecule has 1 heterocycles. The van der Waals surface area contributed by atoms with Crippen molar-refractivity contribution in [1.29, 1.82) is 0 Å². The van der Waals surface area contributed by atoms with Gasteiger partial charge in [-0.15, -0.1) is 0 Å². The number of nitrogens with one attached hydrogen (secondary N) is 1. The van der Waals surface area contributed by atoms with Gasteiger partial charge in [0.1, 0.15) is 0 Å². The molecule has 0 aromatic heterocycles. The summed E-state index contributed by atoms with van der Waals surface area (Å²) >= 11 is 2.45. The Morgan fingerprint density at radius 3 is 1.82 bits per heavy atom. The highest BCUT2D eigenvalue weighted by molar-refractivity contribution is 14.1. The SMILES string of the molecule is CCNC(=O)CCOCCOCCOCCOCCC(=O)N1CCC(I)CC1. The zero-order valence-electron chi connectivity index (χ0n) is 17.0. The minimum Gasteiger partial charge on any atom is -0.379 e. The number of ether oxygens (including phenoxy) is 4. The van der Waals surface area contributed by atoms with Crippen LogP contribution in [0, 0.1) is 0 Å². The smallest absolute Gasteiger partial charge is 0.224 e. The fourth-order valence-corrected chi connectivity index (χ4v) is 3.18.